The van der Waals surface area contributed by atoms with Gasteiger partial charge in [-0.2, -0.15) is 0 Å². The summed E-state index contributed by atoms with van der Waals surface area (Å²) in [6.07, 6.45) is -0.293. The Morgan fingerprint density at radius 1 is 1.05 bits per heavy atom. The first kappa shape index (κ1) is 15.0. The van der Waals surface area contributed by atoms with Crippen LogP contribution in [0.4, 0.5) is 0 Å². The summed E-state index contributed by atoms with van der Waals surface area (Å²) in [5, 5.41) is 0. The standard InChI is InChI=1S/C15H22O6/c1-6-7-16-13-12-11(20-15(4,5)21-12)10(18-13)9-8-17-14(2,3)19-9/h7,9-13H,1,8H2,2-5H3/t9-,10-,11+,12+,13+/m1/s1. The summed E-state index contributed by atoms with van der Waals surface area (Å²) in [5.41, 5.74) is 2.56. The predicted molar refractivity (Wildman–Crippen MR) is 72.2 cm³/mol. The van der Waals surface area contributed by atoms with Gasteiger partial charge in [-0.3, -0.25) is 0 Å². The lowest BCUT2D eigenvalue weighted by Crippen LogP contribution is -2.40. The van der Waals surface area contributed by atoms with Gasteiger partial charge in [-0.25, -0.2) is 0 Å². The van der Waals surface area contributed by atoms with Crippen molar-refractivity contribution in [3.63, 3.8) is 0 Å². The van der Waals surface area contributed by atoms with Crippen molar-refractivity contribution in [1.82, 2.24) is 0 Å². The number of hydrogen-bond acceptors (Lipinski definition) is 6. The topological polar surface area (TPSA) is 55.4 Å². The van der Waals surface area contributed by atoms with Crippen LogP contribution >= 0.6 is 0 Å². The van der Waals surface area contributed by atoms with E-state index in [0.29, 0.717) is 6.61 Å². The van der Waals surface area contributed by atoms with E-state index < -0.39 is 17.9 Å². The minimum absolute atomic E-state index is 0.216. The Bertz CT molecular complexity index is 453. The quantitative estimate of drug-likeness (QED) is 0.584. The highest BCUT2D eigenvalue weighted by atomic mass is 16.8. The molecule has 0 saturated carbocycles. The highest BCUT2D eigenvalue weighted by Gasteiger charge is 2.59. The van der Waals surface area contributed by atoms with Crippen LogP contribution in [0, 0.1) is 0 Å². The maximum atomic E-state index is 5.96. The molecule has 0 aliphatic carbocycles. The molecule has 5 atom stereocenters. The average molecular weight is 298 g/mol. The van der Waals surface area contributed by atoms with E-state index in [1.807, 2.05) is 27.7 Å². The van der Waals surface area contributed by atoms with E-state index in [9.17, 15) is 0 Å². The van der Waals surface area contributed by atoms with Gasteiger partial charge < -0.3 is 28.4 Å². The van der Waals surface area contributed by atoms with E-state index in [0.717, 1.165) is 0 Å². The van der Waals surface area contributed by atoms with Crippen LogP contribution in [-0.2, 0) is 28.4 Å². The molecule has 0 aromatic heterocycles. The van der Waals surface area contributed by atoms with Gasteiger partial charge in [-0.05, 0) is 27.7 Å². The van der Waals surface area contributed by atoms with Gasteiger partial charge in [-0.15, -0.1) is 0 Å². The van der Waals surface area contributed by atoms with Crippen molar-refractivity contribution in [3.8, 4) is 0 Å². The van der Waals surface area contributed by atoms with Crippen molar-refractivity contribution < 1.29 is 28.4 Å². The number of rotatable bonds is 3. The molecule has 3 heterocycles. The van der Waals surface area contributed by atoms with Crippen molar-refractivity contribution in [3.05, 3.63) is 18.6 Å². The third-order valence-corrected chi connectivity index (χ3v) is 3.73. The molecule has 0 bridgehead atoms. The fourth-order valence-electron chi connectivity index (χ4n) is 2.99. The molecule has 0 amide bonds. The molecule has 3 fully saturated rings. The van der Waals surface area contributed by atoms with Gasteiger partial charge in [0, 0.05) is 0 Å². The second-order valence-electron chi connectivity index (χ2n) is 6.36. The molecule has 0 aromatic rings. The highest BCUT2D eigenvalue weighted by Crippen LogP contribution is 2.42. The maximum Gasteiger partial charge on any atom is 0.229 e. The summed E-state index contributed by atoms with van der Waals surface area (Å²) in [4.78, 5) is 0. The van der Waals surface area contributed by atoms with Gasteiger partial charge in [0.15, 0.2) is 17.7 Å². The summed E-state index contributed by atoms with van der Waals surface area (Å²) in [6, 6.07) is 0. The van der Waals surface area contributed by atoms with Crippen molar-refractivity contribution in [1.29, 1.82) is 0 Å². The van der Waals surface area contributed by atoms with Gasteiger partial charge in [0.05, 0.1) is 6.61 Å². The number of fused-ring (bicyclic) bond motifs is 1. The van der Waals surface area contributed by atoms with Crippen molar-refractivity contribution >= 4 is 0 Å². The van der Waals surface area contributed by atoms with E-state index in [4.69, 9.17) is 28.4 Å². The van der Waals surface area contributed by atoms with Crippen LogP contribution in [0.2, 0.25) is 0 Å². The Kier molecular flexibility index (Phi) is 3.64. The van der Waals surface area contributed by atoms with Gasteiger partial charge >= 0.3 is 0 Å². The summed E-state index contributed by atoms with van der Waals surface area (Å²) >= 11 is 0. The first-order chi connectivity index (χ1) is 9.81. The van der Waals surface area contributed by atoms with Crippen LogP contribution in [0.3, 0.4) is 0 Å². The van der Waals surface area contributed by atoms with E-state index in [2.05, 4.69) is 12.3 Å². The Balaban J connectivity index is 1.77. The number of ether oxygens (including phenoxy) is 6. The molecule has 0 N–H and O–H groups in total. The first-order valence-corrected chi connectivity index (χ1v) is 7.14. The Hall–Kier alpha value is -0.880. The molecule has 0 radical (unpaired) electrons. The second-order valence-corrected chi connectivity index (χ2v) is 6.36. The zero-order valence-electron chi connectivity index (χ0n) is 12.8. The van der Waals surface area contributed by atoms with E-state index in [1.165, 1.54) is 6.26 Å². The zero-order valence-corrected chi connectivity index (χ0v) is 12.8. The van der Waals surface area contributed by atoms with Gasteiger partial charge in [-0.1, -0.05) is 12.3 Å². The van der Waals surface area contributed by atoms with Gasteiger partial charge in [0.2, 0.25) is 6.29 Å². The molecule has 0 unspecified atom stereocenters. The van der Waals surface area contributed by atoms with Crippen LogP contribution in [0.25, 0.3) is 0 Å². The van der Waals surface area contributed by atoms with E-state index in [-0.39, 0.29) is 24.4 Å². The fourth-order valence-corrected chi connectivity index (χ4v) is 2.99. The predicted octanol–water partition coefficient (Wildman–Crippen LogP) is 1.70. The molecular weight excluding hydrogens is 276 g/mol. The average Bonchev–Trinajstić information content (AvgIpc) is 2.98. The fraction of sp³-hybridized carbons (Fsp3) is 0.800. The summed E-state index contributed by atoms with van der Waals surface area (Å²) in [5.74, 6) is -1.29. The molecule has 6 heteroatoms. The number of hydrogen-bond donors (Lipinski definition) is 0. The van der Waals surface area contributed by atoms with Crippen LogP contribution in [0.1, 0.15) is 27.7 Å². The SMILES string of the molecule is C=C=CO[C@H]1O[C@H]([C@H]2COC(C)(C)O2)[C@@H]2OC(C)(C)O[C@H]12. The van der Waals surface area contributed by atoms with E-state index >= 15 is 0 Å². The van der Waals surface area contributed by atoms with Crippen LogP contribution in [0.15, 0.2) is 18.6 Å². The molecule has 3 saturated heterocycles. The third-order valence-electron chi connectivity index (χ3n) is 3.73. The van der Waals surface area contributed by atoms with Crippen molar-refractivity contribution in [2.45, 2.75) is 70.0 Å². The van der Waals surface area contributed by atoms with Crippen LogP contribution < -0.4 is 0 Å². The van der Waals surface area contributed by atoms with Gasteiger partial charge in [0.1, 0.15) is 24.6 Å². The molecule has 3 aliphatic heterocycles. The molecular formula is C15H22O6. The lowest BCUT2D eigenvalue weighted by atomic mass is 10.1. The minimum atomic E-state index is -0.675. The smallest absolute Gasteiger partial charge is 0.229 e. The van der Waals surface area contributed by atoms with Crippen LogP contribution in [-0.4, -0.2) is 48.9 Å². The largest absolute Gasteiger partial charge is 0.461 e. The molecule has 3 rings (SSSR count). The monoisotopic (exact) mass is 298 g/mol. The molecule has 0 spiro atoms. The van der Waals surface area contributed by atoms with Crippen molar-refractivity contribution in [2.24, 2.45) is 0 Å². The Morgan fingerprint density at radius 2 is 1.76 bits per heavy atom. The lowest BCUT2D eigenvalue weighted by molar-refractivity contribution is -0.237. The summed E-state index contributed by atoms with van der Waals surface area (Å²) < 4.78 is 34.8. The summed E-state index contributed by atoms with van der Waals surface area (Å²) in [7, 11) is 0. The molecule has 21 heavy (non-hydrogen) atoms. The Morgan fingerprint density at radius 3 is 2.38 bits per heavy atom. The third kappa shape index (κ3) is 2.88. The van der Waals surface area contributed by atoms with E-state index in [1.54, 1.807) is 0 Å². The Labute approximate surface area is 124 Å². The molecule has 118 valence electrons. The molecule has 0 aromatic carbocycles. The lowest BCUT2D eigenvalue weighted by Gasteiger charge is -2.26. The van der Waals surface area contributed by atoms with Gasteiger partial charge in [0.25, 0.3) is 0 Å². The normalized spacial score (nSPS) is 43.3. The molecule has 3 aliphatic rings. The molecule has 6 nitrogen and oxygen atoms in total. The van der Waals surface area contributed by atoms with Crippen molar-refractivity contribution in [2.75, 3.05) is 6.61 Å². The highest BCUT2D eigenvalue weighted by molar-refractivity contribution is 5.00. The maximum absolute atomic E-state index is 5.96. The van der Waals surface area contributed by atoms with Crippen LogP contribution in [0.5, 0.6) is 0 Å². The summed E-state index contributed by atoms with van der Waals surface area (Å²) in [6.45, 7) is 11.4. The second kappa shape index (κ2) is 5.09. The first-order valence-electron chi connectivity index (χ1n) is 7.14. The minimum Gasteiger partial charge on any atom is -0.461 e. The zero-order chi connectivity index (χ0) is 15.3.